The Bertz CT molecular complexity index is 289. The van der Waals surface area contributed by atoms with Crippen molar-refractivity contribution < 1.29 is 28.6 Å². The molecule has 0 fully saturated rings. The first-order chi connectivity index (χ1) is 7.99. The number of amides is 4. The third-order valence-corrected chi connectivity index (χ3v) is 1.30. The summed E-state index contributed by atoms with van der Waals surface area (Å²) in [5.41, 5.74) is 0. The fourth-order valence-electron chi connectivity index (χ4n) is 0.766. The van der Waals surface area contributed by atoms with Gasteiger partial charge < -0.3 is 9.39 Å². The number of ether oxygens (including phenoxy) is 1. The third-order valence-electron chi connectivity index (χ3n) is 1.30. The third kappa shape index (κ3) is 7.83. The summed E-state index contributed by atoms with van der Waals surface area (Å²) in [4.78, 5) is 43.6. The highest BCUT2D eigenvalue weighted by Crippen LogP contribution is 1.84. The molecule has 0 heterocycles. The molecule has 0 spiro atoms. The van der Waals surface area contributed by atoms with E-state index in [1.54, 1.807) is 17.6 Å². The Morgan fingerprint density at radius 3 is 2.06 bits per heavy atom. The minimum Gasteiger partial charge on any atom is -0.523 e. The number of nitrogens with one attached hydrogen (secondary N) is 2. The molecule has 8 nitrogen and oxygen atoms in total. The van der Waals surface area contributed by atoms with Crippen LogP contribution >= 0.6 is 0 Å². The van der Waals surface area contributed by atoms with Gasteiger partial charge in [0, 0.05) is 0 Å². The molecular weight excluding hydrogens is 231 g/mol. The van der Waals surface area contributed by atoms with Crippen molar-refractivity contribution >= 4 is 31.5 Å². The predicted octanol–water partition coefficient (Wildman–Crippen LogP) is -0.431. The number of carbonyl (C=O) groups excluding carboxylic acids is 4. The molecule has 0 bridgehead atoms. The first kappa shape index (κ1) is 14.9. The van der Waals surface area contributed by atoms with Crippen molar-refractivity contribution in [3.63, 3.8) is 0 Å². The molecule has 0 atom stereocenters. The van der Waals surface area contributed by atoms with Gasteiger partial charge in [0.15, 0.2) is 0 Å². The van der Waals surface area contributed by atoms with Gasteiger partial charge >= 0.3 is 19.7 Å². The van der Waals surface area contributed by atoms with Gasteiger partial charge in [-0.2, -0.15) is 0 Å². The summed E-state index contributed by atoms with van der Waals surface area (Å²) in [7, 11) is 1.07. The van der Waals surface area contributed by atoms with Gasteiger partial charge in [-0.25, -0.2) is 9.59 Å². The highest BCUT2D eigenvalue weighted by molar-refractivity contribution is 6.28. The Hall–Kier alpha value is -2.06. The molecule has 0 aliphatic heterocycles. The summed E-state index contributed by atoms with van der Waals surface area (Å²) in [5, 5.41) is 3.57. The van der Waals surface area contributed by atoms with Crippen LogP contribution in [0, 0.1) is 0 Å². The lowest BCUT2D eigenvalue weighted by Gasteiger charge is -2.05. The second-order valence-corrected chi connectivity index (χ2v) is 2.63. The fourth-order valence-corrected chi connectivity index (χ4v) is 0.766. The topological polar surface area (TPSA) is 111 Å². The van der Waals surface area contributed by atoms with Crippen LogP contribution in [0.2, 0.25) is 6.82 Å². The van der Waals surface area contributed by atoms with E-state index < -0.39 is 30.4 Å². The van der Waals surface area contributed by atoms with Gasteiger partial charge in [-0.1, -0.05) is 0 Å². The predicted molar refractivity (Wildman–Crippen MR) is 56.0 cm³/mol. The monoisotopic (exact) mass is 243 g/mol. The highest BCUT2D eigenvalue weighted by atomic mass is 16.5. The van der Waals surface area contributed by atoms with Gasteiger partial charge in [0.05, 0.1) is 6.61 Å². The molecule has 0 aromatic rings. The van der Waals surface area contributed by atoms with Gasteiger partial charge in [0.2, 0.25) is 11.8 Å². The first-order valence-corrected chi connectivity index (χ1v) is 4.74. The van der Waals surface area contributed by atoms with E-state index in [-0.39, 0.29) is 6.61 Å². The van der Waals surface area contributed by atoms with E-state index in [9.17, 15) is 19.2 Å². The molecule has 0 aliphatic carbocycles. The Morgan fingerprint density at radius 1 is 1.06 bits per heavy atom. The average Bonchev–Trinajstić information content (AvgIpc) is 2.16. The van der Waals surface area contributed by atoms with E-state index in [1.165, 1.54) is 6.82 Å². The van der Waals surface area contributed by atoms with Crippen molar-refractivity contribution in [3.8, 4) is 0 Å². The highest BCUT2D eigenvalue weighted by Gasteiger charge is 2.15. The molecule has 9 heteroatoms. The lowest BCUT2D eigenvalue weighted by Crippen LogP contribution is -2.38. The van der Waals surface area contributed by atoms with Crippen molar-refractivity contribution in [2.45, 2.75) is 20.2 Å². The summed E-state index contributed by atoms with van der Waals surface area (Å²) < 4.78 is 8.71. The molecule has 0 saturated carbocycles. The zero-order chi connectivity index (χ0) is 13.3. The second kappa shape index (κ2) is 8.14. The first-order valence-electron chi connectivity index (χ1n) is 4.74. The molecule has 0 rings (SSSR count). The molecule has 0 aliphatic rings. The Balaban J connectivity index is 3.92. The molecule has 93 valence electrons. The molecule has 0 unspecified atom stereocenters. The van der Waals surface area contributed by atoms with Crippen LogP contribution in [0.15, 0.2) is 0 Å². The number of hydrogen-bond acceptors (Lipinski definition) is 6. The van der Waals surface area contributed by atoms with Crippen LogP contribution in [0.1, 0.15) is 13.3 Å². The maximum Gasteiger partial charge on any atom is 0.413 e. The van der Waals surface area contributed by atoms with E-state index in [4.69, 9.17) is 0 Å². The number of alkyl carbamates (subject to hydrolysis) is 1. The summed E-state index contributed by atoms with van der Waals surface area (Å²) in [6, 6.07) is 0. The summed E-state index contributed by atoms with van der Waals surface area (Å²) in [5.74, 6) is -1.77. The van der Waals surface area contributed by atoms with Crippen LogP contribution in [0.25, 0.3) is 0 Å². The van der Waals surface area contributed by atoms with E-state index >= 15 is 0 Å². The maximum atomic E-state index is 11.0. The minimum absolute atomic E-state index is 0.101. The van der Waals surface area contributed by atoms with E-state index in [0.717, 1.165) is 7.48 Å². The summed E-state index contributed by atoms with van der Waals surface area (Å²) >= 11 is 0. The zero-order valence-corrected chi connectivity index (χ0v) is 9.44. The standard InChI is InChI=1S/C8H12BN2O6/c1-3-16-7(14)10-5(12)4-6(13)11-8(15)17-9-2/h3-4H2,1-2H3,(H,10,12,14)(H,11,13,15). The quantitative estimate of drug-likeness (QED) is 0.511. The number of carbonyl (C=O) groups is 4. The maximum absolute atomic E-state index is 11.0. The van der Waals surface area contributed by atoms with E-state index in [0.29, 0.717) is 0 Å². The van der Waals surface area contributed by atoms with E-state index in [1.807, 2.05) is 0 Å². The number of imide groups is 2. The van der Waals surface area contributed by atoms with Crippen LogP contribution in [0.5, 0.6) is 0 Å². The van der Waals surface area contributed by atoms with Crippen molar-refractivity contribution in [2.75, 3.05) is 6.61 Å². The molecule has 4 amide bonds. The Kier molecular flexibility index (Phi) is 7.15. The Morgan fingerprint density at radius 2 is 1.59 bits per heavy atom. The fraction of sp³-hybridized carbons (Fsp3) is 0.500. The largest absolute Gasteiger partial charge is 0.523 e. The SMILES string of the molecule is C[B]OC(=O)NC(=O)CC(=O)NC(=O)OCC. The van der Waals surface area contributed by atoms with Crippen LogP contribution < -0.4 is 10.6 Å². The summed E-state index contributed by atoms with van der Waals surface area (Å²) in [6.07, 6.45) is -2.63. The van der Waals surface area contributed by atoms with Crippen molar-refractivity contribution in [2.24, 2.45) is 0 Å². The van der Waals surface area contributed by atoms with Gasteiger partial charge in [-0.15, -0.1) is 0 Å². The van der Waals surface area contributed by atoms with Crippen molar-refractivity contribution in [1.29, 1.82) is 0 Å². The molecule has 1 radical (unpaired) electrons. The number of hydrogen-bond donors (Lipinski definition) is 2. The van der Waals surface area contributed by atoms with Crippen molar-refractivity contribution in [1.82, 2.24) is 10.6 Å². The van der Waals surface area contributed by atoms with Gasteiger partial charge in [0.25, 0.3) is 0 Å². The smallest absolute Gasteiger partial charge is 0.413 e. The average molecular weight is 243 g/mol. The van der Waals surface area contributed by atoms with Crippen LogP contribution in [0.3, 0.4) is 0 Å². The molecule has 2 N–H and O–H groups in total. The van der Waals surface area contributed by atoms with Crippen molar-refractivity contribution in [3.05, 3.63) is 0 Å². The van der Waals surface area contributed by atoms with Gasteiger partial charge in [-0.3, -0.25) is 20.2 Å². The van der Waals surface area contributed by atoms with Gasteiger partial charge in [0.1, 0.15) is 6.42 Å². The summed E-state index contributed by atoms with van der Waals surface area (Å²) in [6.45, 7) is 3.11. The van der Waals surface area contributed by atoms with Crippen LogP contribution in [-0.2, 0) is 19.0 Å². The van der Waals surface area contributed by atoms with Crippen LogP contribution in [-0.4, -0.2) is 38.1 Å². The Labute approximate surface area is 98.3 Å². The van der Waals surface area contributed by atoms with E-state index in [2.05, 4.69) is 9.39 Å². The second-order valence-electron chi connectivity index (χ2n) is 2.63. The molecule has 0 aromatic carbocycles. The minimum atomic E-state index is -0.999. The lowest BCUT2D eigenvalue weighted by atomic mass is 10.1. The lowest BCUT2D eigenvalue weighted by molar-refractivity contribution is -0.128. The van der Waals surface area contributed by atoms with Gasteiger partial charge in [-0.05, 0) is 13.7 Å². The molecular formula is C8H12BN2O6. The number of rotatable bonds is 4. The molecule has 17 heavy (non-hydrogen) atoms. The zero-order valence-electron chi connectivity index (χ0n) is 9.44. The van der Waals surface area contributed by atoms with Crippen LogP contribution in [0.4, 0.5) is 9.59 Å². The molecule has 0 aromatic heterocycles. The molecule has 0 saturated heterocycles. The normalized spacial score (nSPS) is 8.82.